The molecule has 0 aliphatic carbocycles. The number of ether oxygens (including phenoxy) is 1. The monoisotopic (exact) mass is 546 g/mol. The molecule has 0 spiro atoms. The second-order valence-electron chi connectivity index (χ2n) is 9.03. The Hall–Kier alpha value is -3.70. The van der Waals surface area contributed by atoms with Crippen LogP contribution in [0.15, 0.2) is 59.4 Å². The maximum atomic E-state index is 13.1. The third-order valence-electron chi connectivity index (χ3n) is 6.09. The number of carbonyl (C=O) groups excluding carboxylic acids is 1. The molecule has 11 heteroatoms. The van der Waals surface area contributed by atoms with Crippen LogP contribution < -0.4 is 16.2 Å². The number of aliphatic hydroxyl groups excluding tert-OH is 1. The summed E-state index contributed by atoms with van der Waals surface area (Å²) in [5.74, 6) is 0.00915. The molecule has 1 amide bonds. The molecular weight excluding hydrogens is 513 g/mol. The van der Waals surface area contributed by atoms with Gasteiger partial charge in [0.1, 0.15) is 0 Å². The maximum absolute atomic E-state index is 13.1. The average molecular weight is 547 g/mol. The molecule has 1 aromatic heterocycles. The van der Waals surface area contributed by atoms with Gasteiger partial charge >= 0.3 is 6.18 Å². The van der Waals surface area contributed by atoms with Gasteiger partial charge in [-0.1, -0.05) is 44.0 Å². The zero-order valence-corrected chi connectivity index (χ0v) is 21.9. The Kier molecular flexibility index (Phi) is 10.6. The predicted molar refractivity (Wildman–Crippen MR) is 142 cm³/mol. The minimum absolute atomic E-state index is 0.178. The van der Waals surface area contributed by atoms with E-state index in [0.29, 0.717) is 23.6 Å². The van der Waals surface area contributed by atoms with E-state index in [1.807, 2.05) is 0 Å². The van der Waals surface area contributed by atoms with Gasteiger partial charge in [0.25, 0.3) is 11.5 Å². The minimum Gasteiger partial charge on any atom is -0.368 e. The molecule has 3 rings (SSSR count). The Bertz CT molecular complexity index is 1280. The van der Waals surface area contributed by atoms with Gasteiger partial charge in [-0.3, -0.25) is 14.2 Å². The summed E-state index contributed by atoms with van der Waals surface area (Å²) < 4.78 is 45.1. The summed E-state index contributed by atoms with van der Waals surface area (Å²) in [4.78, 5) is 30.0. The lowest BCUT2D eigenvalue weighted by molar-refractivity contribution is -0.137. The van der Waals surface area contributed by atoms with Gasteiger partial charge in [-0.25, -0.2) is 4.98 Å². The number of nitrogens with zero attached hydrogens (tertiary/aromatic N) is 2. The molecule has 39 heavy (non-hydrogen) atoms. The minimum atomic E-state index is -4.45. The SMILES string of the molecule is CCCCCNc1nc(-c2ccc(C(F)(F)F)cc2)cc(=O)n1Cc1ccc(C(=O)NCCC(O)OC)cc1. The molecule has 0 aliphatic heterocycles. The van der Waals surface area contributed by atoms with Gasteiger partial charge in [0.15, 0.2) is 6.29 Å². The second-order valence-corrected chi connectivity index (χ2v) is 9.03. The van der Waals surface area contributed by atoms with Gasteiger partial charge in [0, 0.05) is 43.8 Å². The molecule has 0 radical (unpaired) electrons. The van der Waals surface area contributed by atoms with Gasteiger partial charge in [-0.05, 0) is 36.2 Å². The van der Waals surface area contributed by atoms with Crippen LogP contribution in [0.5, 0.6) is 0 Å². The molecule has 1 atom stereocenters. The molecule has 2 aromatic carbocycles. The van der Waals surface area contributed by atoms with Crippen LogP contribution in [0.1, 0.15) is 54.1 Å². The van der Waals surface area contributed by atoms with Crippen LogP contribution in [-0.4, -0.2) is 47.1 Å². The molecule has 0 bridgehead atoms. The van der Waals surface area contributed by atoms with E-state index in [9.17, 15) is 27.9 Å². The Labute approximate surface area is 224 Å². The Morgan fingerprint density at radius 3 is 2.38 bits per heavy atom. The number of anilines is 1. The van der Waals surface area contributed by atoms with Crippen molar-refractivity contribution in [3.63, 3.8) is 0 Å². The summed E-state index contributed by atoms with van der Waals surface area (Å²) >= 11 is 0. The number of alkyl halides is 3. The van der Waals surface area contributed by atoms with E-state index < -0.39 is 18.0 Å². The molecule has 3 aromatic rings. The summed E-state index contributed by atoms with van der Waals surface area (Å²) in [6, 6.07) is 12.6. The fourth-order valence-electron chi connectivity index (χ4n) is 3.82. The van der Waals surface area contributed by atoms with Gasteiger partial charge in [0.2, 0.25) is 5.95 Å². The number of methoxy groups -OCH3 is 1. The van der Waals surface area contributed by atoms with Crippen molar-refractivity contribution in [3.8, 4) is 11.3 Å². The molecule has 8 nitrogen and oxygen atoms in total. The lowest BCUT2D eigenvalue weighted by Gasteiger charge is -2.16. The first-order valence-corrected chi connectivity index (χ1v) is 12.7. The number of aromatic nitrogens is 2. The maximum Gasteiger partial charge on any atom is 0.416 e. The number of hydrogen-bond donors (Lipinski definition) is 3. The first kappa shape index (κ1) is 29.9. The normalized spacial score (nSPS) is 12.3. The molecule has 210 valence electrons. The standard InChI is InChI=1S/C28H33F3N4O4/c1-3-4-5-15-33-27-34-23(20-10-12-22(13-11-20)28(29,30)31)17-24(36)35(27)18-19-6-8-21(9-7-19)26(38)32-16-14-25(37)39-2/h6-13,17,25,37H,3-5,14-16,18H2,1-2H3,(H,32,38)(H,33,34). The van der Waals surface area contributed by atoms with Gasteiger partial charge in [-0.2, -0.15) is 13.2 Å². The van der Waals surface area contributed by atoms with Crippen molar-refractivity contribution in [1.29, 1.82) is 0 Å². The number of benzene rings is 2. The first-order chi connectivity index (χ1) is 18.6. The second kappa shape index (κ2) is 13.9. The first-order valence-electron chi connectivity index (χ1n) is 12.7. The molecule has 1 unspecified atom stereocenters. The molecule has 0 aliphatic rings. The highest BCUT2D eigenvalue weighted by atomic mass is 19.4. The van der Waals surface area contributed by atoms with E-state index >= 15 is 0 Å². The molecule has 1 heterocycles. The number of nitrogens with one attached hydrogen (secondary N) is 2. The number of carbonyl (C=O) groups is 1. The summed E-state index contributed by atoms with van der Waals surface area (Å²) in [5.41, 5.74) is 0.709. The number of unbranched alkanes of at least 4 members (excludes halogenated alkanes) is 2. The van der Waals surface area contributed by atoms with Gasteiger partial charge < -0.3 is 20.5 Å². The van der Waals surface area contributed by atoms with E-state index in [1.54, 1.807) is 24.3 Å². The summed E-state index contributed by atoms with van der Waals surface area (Å²) in [5, 5.41) is 15.3. The summed E-state index contributed by atoms with van der Waals surface area (Å²) in [6.07, 6.45) is -2.28. The van der Waals surface area contributed by atoms with Crippen molar-refractivity contribution < 1.29 is 27.8 Å². The topological polar surface area (TPSA) is 105 Å². The third kappa shape index (κ3) is 8.66. The average Bonchev–Trinajstić information content (AvgIpc) is 2.92. The summed E-state index contributed by atoms with van der Waals surface area (Å²) in [6.45, 7) is 3.08. The van der Waals surface area contributed by atoms with E-state index in [1.165, 1.54) is 29.9 Å². The predicted octanol–water partition coefficient (Wildman–Crippen LogP) is 4.66. The molecule has 0 fully saturated rings. The zero-order valence-electron chi connectivity index (χ0n) is 21.9. The molecule has 0 saturated carbocycles. The Balaban J connectivity index is 1.81. The Morgan fingerprint density at radius 1 is 1.08 bits per heavy atom. The van der Waals surface area contributed by atoms with Crippen LogP contribution in [-0.2, 0) is 17.5 Å². The van der Waals surface area contributed by atoms with Crippen LogP contribution in [0.3, 0.4) is 0 Å². The summed E-state index contributed by atoms with van der Waals surface area (Å²) in [7, 11) is 1.38. The van der Waals surface area contributed by atoms with E-state index in [2.05, 4.69) is 22.5 Å². The zero-order chi connectivity index (χ0) is 28.4. The van der Waals surface area contributed by atoms with Crippen molar-refractivity contribution in [3.05, 3.63) is 81.6 Å². The van der Waals surface area contributed by atoms with Crippen molar-refractivity contribution in [2.45, 2.75) is 51.6 Å². The van der Waals surface area contributed by atoms with Gasteiger partial charge in [-0.15, -0.1) is 0 Å². The van der Waals surface area contributed by atoms with Crippen LogP contribution in [0, 0.1) is 0 Å². The van der Waals surface area contributed by atoms with Crippen molar-refractivity contribution in [2.24, 2.45) is 0 Å². The lowest BCUT2D eigenvalue weighted by Crippen LogP contribution is -2.27. The highest BCUT2D eigenvalue weighted by Crippen LogP contribution is 2.30. The van der Waals surface area contributed by atoms with Crippen molar-refractivity contribution >= 4 is 11.9 Å². The van der Waals surface area contributed by atoms with Gasteiger partial charge in [0.05, 0.1) is 17.8 Å². The fourth-order valence-corrected chi connectivity index (χ4v) is 3.82. The quantitative estimate of drug-likeness (QED) is 0.213. The number of hydrogen-bond acceptors (Lipinski definition) is 6. The number of rotatable bonds is 13. The Morgan fingerprint density at radius 2 is 1.77 bits per heavy atom. The highest BCUT2D eigenvalue weighted by Gasteiger charge is 2.30. The molecular formula is C28H33F3N4O4. The number of aliphatic hydroxyl groups is 1. The van der Waals surface area contributed by atoms with E-state index in [0.717, 1.165) is 37.0 Å². The van der Waals surface area contributed by atoms with Crippen LogP contribution in [0.2, 0.25) is 0 Å². The number of amides is 1. The van der Waals surface area contributed by atoms with E-state index in [4.69, 9.17) is 4.74 Å². The highest BCUT2D eigenvalue weighted by molar-refractivity contribution is 5.94. The third-order valence-corrected chi connectivity index (χ3v) is 6.09. The number of halogens is 3. The van der Waals surface area contributed by atoms with Crippen molar-refractivity contribution in [1.82, 2.24) is 14.9 Å². The van der Waals surface area contributed by atoms with E-state index in [-0.39, 0.29) is 36.7 Å². The van der Waals surface area contributed by atoms with Crippen LogP contribution in [0.25, 0.3) is 11.3 Å². The fraction of sp³-hybridized carbons (Fsp3) is 0.393. The largest absolute Gasteiger partial charge is 0.416 e. The van der Waals surface area contributed by atoms with Crippen molar-refractivity contribution in [2.75, 3.05) is 25.5 Å². The molecule has 0 saturated heterocycles. The smallest absolute Gasteiger partial charge is 0.368 e. The van der Waals surface area contributed by atoms with Crippen LogP contribution in [0.4, 0.5) is 19.1 Å². The van der Waals surface area contributed by atoms with Crippen LogP contribution >= 0.6 is 0 Å². The lowest BCUT2D eigenvalue weighted by atomic mass is 10.1. The molecule has 3 N–H and O–H groups in total.